The minimum atomic E-state index is -5.00. The number of aromatic hydroxyl groups is 1. The Bertz CT molecular complexity index is 5040. The van der Waals surface area contributed by atoms with Gasteiger partial charge in [-0.25, -0.2) is 14.1 Å². The minimum absolute atomic E-state index is 0. The first-order valence-electron chi connectivity index (χ1n) is 37.9. The van der Waals surface area contributed by atoms with Crippen LogP contribution in [0.5, 0.6) is 57.5 Å². The largest absolute Gasteiger partial charge is 1.00 e. The Morgan fingerprint density at radius 1 is 0.675 bits per heavy atom. The number of halogens is 3. The van der Waals surface area contributed by atoms with Gasteiger partial charge < -0.3 is 161 Å². The number of methoxy groups -OCH3 is 4. The topological polar surface area (TPSA) is 556 Å². The number of benzene rings is 5. The average Bonchev–Trinajstić information content (AvgIpc) is 1.65. The van der Waals surface area contributed by atoms with Gasteiger partial charge >= 0.3 is 56.7 Å². The van der Waals surface area contributed by atoms with E-state index in [9.17, 15) is 64.4 Å². The molecule has 0 radical (unpaired) electrons. The van der Waals surface area contributed by atoms with Crippen molar-refractivity contribution < 1.29 is 199 Å². The molecule has 2 aliphatic carbocycles. The molecule has 20 atom stereocenters. The number of imidazole rings is 1. The standard InChI is InChI=1S/C29H33O16P.C29H32O13.C12H12Cl2N4.C7H10N4O4.ClH.Na.H/c1-11-38-9-20-27(42-11)23(30)24(31)29(43-20)44-25-14-7-17-16(40-10-41-17)6-13(14)21(22-15(25)8-39-28(22)32)12-4-18(36-2)26(19(5-12)37-3)45-46(33,34)35;1-11-36-9-20-27(40-11)24(31)25(32)29(41-20)42-26-14-7-17-16(38-10-39-17)6-13(14)21(22-15(26)8-37-28(22)33)12-4-18(34-2)23(30)19(5-12)35-3;1-2-9-10(11(15)18-12(16)17-9)6-3-4-7(13)8(14)5-6;12-4-2-8-6(13)5-10-3-1-9-7(10)11(14)15;;;/h4-7,11,15,20-25,27,29-31H,8-10H2,1-3H3,(H2,33,34,35);4-7,11,15,20-22,24-27,29-32H,8-10H2,1-3H3;3-5H,2H2,1H3,(H4,15,16,17,18);1,3,12H,2,4-5H2,(H,8,13);1H;;/q;;;;;+1;-1/t11-,15+,20-,21-,22+,23-,24-,25-,27-,29+;11-,15+,20-,21-,22+,24-,25-,26-,27-,29+;;;;;/m11...../s1. The van der Waals surface area contributed by atoms with E-state index in [-0.39, 0.29) is 151 Å². The summed E-state index contributed by atoms with van der Waals surface area (Å²) >= 11 is 11.9. The molecule has 0 unspecified atom stereocenters. The fraction of sp³-hybridized carbons (Fsp3) is 0.481. The van der Waals surface area contributed by atoms with Crippen molar-refractivity contribution in [3.8, 4) is 68.6 Å². The molecule has 123 heavy (non-hydrogen) atoms. The number of amides is 1. The summed E-state index contributed by atoms with van der Waals surface area (Å²) in [6, 6.07) is 18.7. The molecule has 1 amide bonds. The van der Waals surface area contributed by atoms with E-state index in [1.165, 1.54) is 53.0 Å². The predicted octanol–water partition coefficient (Wildman–Crippen LogP) is -1.25. The van der Waals surface area contributed by atoms with Crippen LogP contribution in [0.1, 0.15) is 86.7 Å². The van der Waals surface area contributed by atoms with Gasteiger partial charge in [0.2, 0.25) is 31.0 Å². The molecule has 17 rings (SSSR count). The Kier molecular flexibility index (Phi) is 30.0. The van der Waals surface area contributed by atoms with Gasteiger partial charge in [-0.1, -0.05) is 41.2 Å². The second-order valence-corrected chi connectivity index (χ2v) is 31.0. The van der Waals surface area contributed by atoms with Crippen molar-refractivity contribution in [3.05, 3.63) is 138 Å². The van der Waals surface area contributed by atoms with Gasteiger partial charge in [0.25, 0.3) is 5.91 Å². The summed E-state index contributed by atoms with van der Waals surface area (Å²) in [6.45, 7) is 5.40. The zero-order valence-electron chi connectivity index (χ0n) is 68.9. The number of hydrogen-bond donors (Lipinski definition) is 11. The van der Waals surface area contributed by atoms with Crippen LogP contribution in [0.25, 0.3) is 11.1 Å². The van der Waals surface area contributed by atoms with Gasteiger partial charge in [-0.2, -0.15) is 4.98 Å². The van der Waals surface area contributed by atoms with Crippen LogP contribution in [0.4, 0.5) is 17.7 Å². The third-order valence-electron chi connectivity index (χ3n) is 21.9. The molecule has 0 spiro atoms. The molecule has 46 heteroatoms. The van der Waals surface area contributed by atoms with Crippen LogP contribution >= 0.6 is 31.0 Å². The molecule has 6 saturated heterocycles. The number of nitro groups is 1. The SMILES string of the molecule is CCc1nc(N)nc(N)c1-c1ccc(Cl)c(Cl)c1.COc1cc([C@@H]2c3cc4c(cc3[C@@H](O[C@@H]3O[C@@H]5CO[C@@H](C)O[C@H]5[C@H](O)[C@H]3O)[C@H]3COC(=O)[C@H]23)OCO4)cc(OC)c1O.COc1cc([C@@H]2c3cc4c(cc3[C@@H](O[C@@H]3O[C@@H]5CO[C@@H](C)O[C@H]5[C@H](O)[C@H]3O)[C@H]3COC(=O)[C@H]23)OCO4)cc(OC)c1OP(=O)(O)O.O=C(Cn1ccnc1[N+](=O)[O-])NCCO.[Cl-].[H+].[H-].[Na+]. The number of cyclic esters (lactones) is 2. The van der Waals surface area contributed by atoms with Gasteiger partial charge in [0.15, 0.2) is 77.7 Å². The Labute approximate surface area is 741 Å². The monoisotopic (exact) mass is 1810 g/mol. The summed E-state index contributed by atoms with van der Waals surface area (Å²) in [6.07, 6.45) is -10.7. The number of phosphoric acid groups is 1. The maximum absolute atomic E-state index is 13.5. The molecule has 41 nitrogen and oxygen atoms in total. The molecule has 2 aromatic heterocycles. The van der Waals surface area contributed by atoms with Crippen molar-refractivity contribution in [2.75, 3.05) is 93.1 Å². The van der Waals surface area contributed by atoms with E-state index in [1.807, 2.05) is 13.0 Å². The molecule has 0 bridgehead atoms. The van der Waals surface area contributed by atoms with Crippen LogP contribution in [0, 0.1) is 33.8 Å². The fourth-order valence-electron chi connectivity index (χ4n) is 16.4. The Morgan fingerprint density at radius 3 is 1.57 bits per heavy atom. The number of rotatable bonds is 19. The summed E-state index contributed by atoms with van der Waals surface area (Å²) in [7, 11) is 0.455. The third-order valence-corrected chi connectivity index (χ3v) is 23.0. The molecule has 8 aliphatic heterocycles. The number of fused-ring (bicyclic) bond motifs is 8. The van der Waals surface area contributed by atoms with Gasteiger partial charge in [0.1, 0.15) is 67.0 Å². The number of nitrogen functional groups attached to an aromatic ring is 2. The van der Waals surface area contributed by atoms with E-state index in [0.29, 0.717) is 78.7 Å². The molecule has 10 heterocycles. The molecule has 10 aliphatic rings. The van der Waals surface area contributed by atoms with Gasteiger partial charge in [-0.05, 0) is 125 Å². The number of nitrogens with two attached hydrogens (primary N) is 2. The third kappa shape index (κ3) is 19.4. The molecule has 7 aromatic rings. The van der Waals surface area contributed by atoms with Crippen LogP contribution in [-0.4, -0.2) is 238 Å². The molecule has 5 aromatic carbocycles. The average molecular weight is 1810 g/mol. The Hall–Kier alpha value is -8.70. The fourth-order valence-corrected chi connectivity index (χ4v) is 17.2. The van der Waals surface area contributed by atoms with E-state index in [0.717, 1.165) is 21.4 Å². The Balaban J connectivity index is 0.000000189. The first kappa shape index (κ1) is 93.5. The van der Waals surface area contributed by atoms with Gasteiger partial charge in [0.05, 0.1) is 101 Å². The van der Waals surface area contributed by atoms with Crippen molar-refractivity contribution in [2.45, 2.75) is 132 Å². The van der Waals surface area contributed by atoms with E-state index in [2.05, 4.69) is 20.3 Å². The Morgan fingerprint density at radius 2 is 1.14 bits per heavy atom. The second kappa shape index (κ2) is 39.5. The van der Waals surface area contributed by atoms with E-state index >= 15 is 0 Å². The number of anilines is 2. The zero-order chi connectivity index (χ0) is 86.3. The number of phosphoric ester groups is 1. The maximum Gasteiger partial charge on any atom is 1.00 e. The predicted molar refractivity (Wildman–Crippen MR) is 415 cm³/mol. The van der Waals surface area contributed by atoms with Crippen molar-refractivity contribution >= 4 is 66.6 Å². The van der Waals surface area contributed by atoms with E-state index < -0.39 is 152 Å². The molecular weight excluding hydrogens is 1730 g/mol. The summed E-state index contributed by atoms with van der Waals surface area (Å²) < 4.78 is 121. The van der Waals surface area contributed by atoms with E-state index in [4.69, 9.17) is 130 Å². The number of carbonyl (C=O) groups excluding carboxylic acids is 3. The van der Waals surface area contributed by atoms with Crippen molar-refractivity contribution in [1.82, 2.24) is 24.8 Å². The van der Waals surface area contributed by atoms with Crippen molar-refractivity contribution in [3.63, 3.8) is 0 Å². The van der Waals surface area contributed by atoms with Crippen LogP contribution in [0.15, 0.2) is 79.1 Å². The number of phenols is 1. The molecule has 662 valence electrons. The number of aliphatic hydroxyl groups excluding tert-OH is 5. The van der Waals surface area contributed by atoms with Crippen LogP contribution in [-0.2, 0) is 79.3 Å². The number of nitrogens with zero attached hydrogens (tertiary/aromatic N) is 5. The summed E-state index contributed by atoms with van der Waals surface area (Å²) in [5.41, 5.74) is 17.5. The smallest absolute Gasteiger partial charge is 1.00 e. The van der Waals surface area contributed by atoms with Crippen LogP contribution in [0.2, 0.25) is 10.0 Å². The molecule has 13 N–H and O–H groups in total. The molecule has 0 saturated carbocycles. The first-order chi connectivity index (χ1) is 57.9. The summed E-state index contributed by atoms with van der Waals surface area (Å²) in [5.74, 6) is -3.55. The number of ether oxygens (including phenoxy) is 18. The second-order valence-electron chi connectivity index (χ2n) is 29.0. The first-order valence-corrected chi connectivity index (χ1v) is 40.2. The number of aromatic nitrogens is 4. The number of aliphatic hydroxyl groups is 5. The number of carbonyl (C=O) groups is 3. The van der Waals surface area contributed by atoms with Crippen LogP contribution < -0.4 is 101 Å². The summed E-state index contributed by atoms with van der Waals surface area (Å²) in [4.78, 5) is 78.4. The summed E-state index contributed by atoms with van der Waals surface area (Å²) in [5, 5.41) is 76.7. The van der Waals surface area contributed by atoms with Crippen LogP contribution in [0.3, 0.4) is 0 Å². The number of hydrogen-bond acceptors (Lipinski definition) is 36. The van der Waals surface area contributed by atoms with E-state index in [1.54, 1.807) is 62.4 Å². The number of esters is 2. The minimum Gasteiger partial charge on any atom is -1.00 e. The zero-order valence-corrected chi connectivity index (χ0v) is 72.0. The molecule has 6 fully saturated rings. The normalized spacial score (nSPS) is 28.2. The van der Waals surface area contributed by atoms with Gasteiger partial charge in [-0.3, -0.25) is 24.2 Å². The quantitative estimate of drug-likeness (QED) is 0.0148. The van der Waals surface area contributed by atoms with Crippen molar-refractivity contribution in [2.24, 2.45) is 23.7 Å². The molecular formula is C77H89Cl3N8NaO33P. The van der Waals surface area contributed by atoms with Crippen molar-refractivity contribution in [1.29, 1.82) is 0 Å². The van der Waals surface area contributed by atoms with Gasteiger partial charge in [-0.15, -0.1) is 0 Å². The number of nitrogens with one attached hydrogen (secondary N) is 1. The maximum atomic E-state index is 13.5. The van der Waals surface area contributed by atoms with Gasteiger partial charge in [0, 0.05) is 35.8 Å². The number of phenolic OH excluding ortho intramolecular Hbond substituents is 1. The number of aryl methyl sites for hydroxylation is 1.